The summed E-state index contributed by atoms with van der Waals surface area (Å²) >= 11 is 0. The molecule has 7 N–H and O–H groups in total. The molecule has 138 heavy (non-hydrogen) atoms. The lowest BCUT2D eigenvalue weighted by atomic mass is 9.87. The minimum atomic E-state index is -0.901. The fourth-order valence-electron chi connectivity index (χ4n) is 18.1. The zero-order valence-corrected chi connectivity index (χ0v) is 78.9. The maximum Gasteiger partial charge on any atom is 0.308 e. The molecule has 2 aliphatic heterocycles. The summed E-state index contributed by atoms with van der Waals surface area (Å²) in [6.07, 6.45) is 20.1. The van der Waals surface area contributed by atoms with Gasteiger partial charge in [0.15, 0.2) is 0 Å². The van der Waals surface area contributed by atoms with E-state index in [9.17, 15) is 38.4 Å². The number of aryl methyl sites for hydroxylation is 2. The van der Waals surface area contributed by atoms with Crippen molar-refractivity contribution in [3.63, 3.8) is 0 Å². The zero-order valence-electron chi connectivity index (χ0n) is 78.9. The van der Waals surface area contributed by atoms with Gasteiger partial charge in [-0.05, 0) is 253 Å². The first-order chi connectivity index (χ1) is 67.3. The van der Waals surface area contributed by atoms with Gasteiger partial charge in [-0.15, -0.1) is 0 Å². The lowest BCUT2D eigenvalue weighted by molar-refractivity contribution is -0.156. The van der Waals surface area contributed by atoms with Gasteiger partial charge in [0, 0.05) is 155 Å². The molecule has 6 heterocycles. The molecule has 28 nitrogen and oxygen atoms in total. The van der Waals surface area contributed by atoms with Crippen LogP contribution in [0, 0.1) is 0 Å². The summed E-state index contributed by atoms with van der Waals surface area (Å²) in [6, 6.07) is 66.0. The molecule has 2 unspecified atom stereocenters. The lowest BCUT2D eigenvalue weighted by Gasteiger charge is -2.29. The molecule has 0 spiro atoms. The number of aromatic nitrogens is 4. The number of carbonyl (C=O) groups excluding carboxylic acids is 7. The number of hydrogen-bond acceptors (Lipinski definition) is 19. The molecule has 2 saturated heterocycles. The van der Waals surface area contributed by atoms with Crippen molar-refractivity contribution in [2.24, 2.45) is 0 Å². The Morgan fingerprint density at radius 2 is 0.797 bits per heavy atom. The van der Waals surface area contributed by atoms with Gasteiger partial charge in [0.2, 0.25) is 0 Å². The van der Waals surface area contributed by atoms with Crippen molar-refractivity contribution < 1.29 is 76.6 Å². The van der Waals surface area contributed by atoms with Crippen LogP contribution in [-0.4, -0.2) is 196 Å². The molecule has 12 aromatic rings. The van der Waals surface area contributed by atoms with Crippen LogP contribution < -0.4 is 41.7 Å². The quantitative estimate of drug-likeness (QED) is 0.0138. The number of ether oxygens (including phenoxy) is 7. The number of piperidine rings is 2. The standard InChI is InChI=1S/C57H66N6O8.C53H58N6O8/c1-57(2,3)71-53(64)24-30-68-32-34-70-35-33-69-31-26-59-56(67)47-17-11-19-52-46(47)23-29-63(52)39-40-12-9-15-42(36-40)54(65)61-50-21-20-44(62-27-7-4-8-28-62)38-48(50)51-37-43(22-25-58-51)55(66)60-49-18-10-14-41-13-5-6-16-45(41)49;60-50(61)21-27-65-29-31-67-32-30-66-28-23-55-53(64)44-14-8-16-49-43(44)20-26-59(49)36-37-9-6-12-39(33-37)51(62)57-47-18-17-41(58-24-4-1-5-25-58)35-45(47)48-34-40(19-22-54-48)52(63)56-46-15-7-11-38-10-2-3-13-42(38)46/h5-6,9,11-13,15-17,19-23,25,29,36-38,49H,4,7-8,10,14,18,24,26-28,30-35,39H2,1-3H3,(H,59,67)(H,60,66)(H,61,65);2-3,6,8-10,12-14,16-20,22,26,33-35,46H,1,4-5,7,11,15,21,23-25,27-32,36H2,(H,55,64)(H,56,63)(H,57,62)(H,60,61). The number of pyridine rings is 2. The number of aliphatic carboxylic acids is 1. The van der Waals surface area contributed by atoms with Gasteiger partial charge in [-0.2, -0.15) is 0 Å². The summed E-state index contributed by atoms with van der Waals surface area (Å²) in [5.74, 6) is -2.46. The Labute approximate surface area is 805 Å². The number of anilines is 4. The fourth-order valence-corrected chi connectivity index (χ4v) is 18.1. The van der Waals surface area contributed by atoms with Crippen molar-refractivity contribution in [3.05, 3.63) is 298 Å². The second kappa shape index (κ2) is 49.3. The number of nitrogens with one attached hydrogen (secondary N) is 6. The van der Waals surface area contributed by atoms with Gasteiger partial charge in [-0.25, -0.2) is 0 Å². The van der Waals surface area contributed by atoms with Crippen molar-refractivity contribution in [1.29, 1.82) is 0 Å². The number of nitrogens with zero attached hydrogens (tertiary/aromatic N) is 6. The van der Waals surface area contributed by atoms with Gasteiger partial charge in [0.25, 0.3) is 35.4 Å². The van der Waals surface area contributed by atoms with Crippen molar-refractivity contribution in [3.8, 4) is 22.5 Å². The summed E-state index contributed by atoms with van der Waals surface area (Å²) in [5.41, 5.74) is 17.1. The van der Waals surface area contributed by atoms with Crippen molar-refractivity contribution in [2.45, 2.75) is 141 Å². The van der Waals surface area contributed by atoms with Crippen molar-refractivity contribution >= 4 is 91.9 Å². The van der Waals surface area contributed by atoms with Gasteiger partial charge in [0.1, 0.15) is 5.60 Å². The molecule has 8 aromatic carbocycles. The lowest BCUT2D eigenvalue weighted by Crippen LogP contribution is -2.31. The van der Waals surface area contributed by atoms with E-state index in [-0.39, 0.29) is 79.6 Å². The number of hydrogen-bond donors (Lipinski definition) is 7. The van der Waals surface area contributed by atoms with Gasteiger partial charge in [0.05, 0.1) is 127 Å². The first kappa shape index (κ1) is 98.8. The van der Waals surface area contributed by atoms with Crippen LogP contribution in [0.2, 0.25) is 0 Å². The Kier molecular flexibility index (Phi) is 35.3. The molecule has 2 fully saturated rings. The zero-order chi connectivity index (χ0) is 96.0. The molecular formula is C110H124N12O16. The Morgan fingerprint density at radius 1 is 0.391 bits per heavy atom. The van der Waals surface area contributed by atoms with E-state index in [0.29, 0.717) is 148 Å². The molecule has 2 atom stereocenters. The van der Waals surface area contributed by atoms with Gasteiger partial charge < -0.3 is 89.1 Å². The molecule has 2 aliphatic carbocycles. The predicted molar refractivity (Wildman–Crippen MR) is 534 cm³/mol. The van der Waals surface area contributed by atoms with Crippen molar-refractivity contribution in [2.75, 3.05) is 139 Å². The maximum absolute atomic E-state index is 14.1. The molecule has 0 saturated carbocycles. The number of fused-ring (bicyclic) bond motifs is 4. The van der Waals surface area contributed by atoms with E-state index in [4.69, 9.17) is 48.2 Å². The van der Waals surface area contributed by atoms with E-state index in [1.807, 2.05) is 167 Å². The third kappa shape index (κ3) is 27.6. The second-order valence-corrected chi connectivity index (χ2v) is 36.0. The summed E-state index contributed by atoms with van der Waals surface area (Å²) in [5, 5.41) is 29.1. The Balaban J connectivity index is 0.000000210. The van der Waals surface area contributed by atoms with Crippen LogP contribution in [-0.2, 0) is 68.7 Å². The smallest absolute Gasteiger partial charge is 0.308 e. The molecule has 4 aliphatic rings. The van der Waals surface area contributed by atoms with Crippen LogP contribution in [0.5, 0.6) is 0 Å². The van der Waals surface area contributed by atoms with Crippen LogP contribution in [0.1, 0.15) is 205 Å². The number of carboxylic acids is 1. The average molecular weight is 1870 g/mol. The number of carboxylic acid groups (broad SMARTS) is 1. The van der Waals surface area contributed by atoms with E-state index in [0.717, 1.165) is 146 Å². The maximum atomic E-state index is 14.1. The molecule has 0 radical (unpaired) electrons. The van der Waals surface area contributed by atoms with Crippen LogP contribution in [0.3, 0.4) is 0 Å². The summed E-state index contributed by atoms with van der Waals surface area (Å²) in [7, 11) is 0. The van der Waals surface area contributed by atoms with E-state index in [1.165, 1.54) is 35.1 Å². The van der Waals surface area contributed by atoms with Crippen molar-refractivity contribution in [1.82, 2.24) is 40.4 Å². The van der Waals surface area contributed by atoms with E-state index in [1.54, 1.807) is 42.7 Å². The normalized spacial score (nSPS) is 14.7. The number of rotatable bonds is 42. The molecular weight excluding hydrogens is 1750 g/mol. The third-order valence-electron chi connectivity index (χ3n) is 25.0. The topological polar surface area (TPSA) is 336 Å². The fraction of sp³-hybridized carbons (Fsp3) is 0.364. The highest BCUT2D eigenvalue weighted by Gasteiger charge is 2.28. The number of amides is 6. The molecule has 720 valence electrons. The molecule has 0 bridgehead atoms. The largest absolute Gasteiger partial charge is 0.481 e. The SMILES string of the molecule is CC(C)(C)OC(=O)CCOCCOCCOCCNC(=O)c1cccc2c1ccn2Cc1cccc(C(=O)Nc2ccc(N3CCCCC3)cc2-c2cc(C(=O)NC3CCCc4ccccc43)ccn2)c1.O=C(O)CCOCCOCCOCCNC(=O)c1cccc2c1ccn2Cc1cccc(C(=O)Nc2ccc(N3CCCCC3)cc2-c2cc(C(=O)NC3CCCc4ccccc43)ccn2)c1. The minimum absolute atomic E-state index is 0.0404. The number of carbonyl (C=O) groups is 8. The van der Waals surface area contributed by atoms with Crippen LogP contribution in [0.4, 0.5) is 22.7 Å². The highest BCUT2D eigenvalue weighted by atomic mass is 16.6. The van der Waals surface area contributed by atoms with E-state index in [2.05, 4.69) is 93.3 Å². The molecule has 4 aromatic heterocycles. The third-order valence-corrected chi connectivity index (χ3v) is 25.0. The van der Waals surface area contributed by atoms with Crippen LogP contribution >= 0.6 is 0 Å². The average Bonchev–Trinajstić information content (AvgIpc) is 1.49. The second-order valence-electron chi connectivity index (χ2n) is 36.0. The minimum Gasteiger partial charge on any atom is -0.481 e. The van der Waals surface area contributed by atoms with E-state index < -0.39 is 11.6 Å². The summed E-state index contributed by atoms with van der Waals surface area (Å²) in [4.78, 5) is 119. The first-order valence-electron chi connectivity index (χ1n) is 48.2. The van der Waals surface area contributed by atoms with Gasteiger partial charge in [-0.1, -0.05) is 84.9 Å². The van der Waals surface area contributed by atoms with E-state index >= 15 is 0 Å². The summed E-state index contributed by atoms with van der Waals surface area (Å²) < 4.78 is 42.2. The van der Waals surface area contributed by atoms with Crippen LogP contribution in [0.15, 0.2) is 231 Å². The Bertz CT molecular complexity index is 6210. The van der Waals surface area contributed by atoms with Gasteiger partial charge >= 0.3 is 11.9 Å². The highest BCUT2D eigenvalue weighted by Crippen LogP contribution is 2.38. The number of benzene rings is 8. The Morgan fingerprint density at radius 3 is 1.23 bits per heavy atom. The molecule has 16 rings (SSSR count). The molecule has 28 heteroatoms. The highest BCUT2D eigenvalue weighted by molar-refractivity contribution is 6.10. The summed E-state index contributed by atoms with van der Waals surface area (Å²) in [6.45, 7) is 14.8. The number of esters is 1. The predicted octanol–water partition coefficient (Wildman–Crippen LogP) is 17.4. The van der Waals surface area contributed by atoms with Crippen LogP contribution in [0.25, 0.3) is 44.3 Å². The molecule has 6 amide bonds. The van der Waals surface area contributed by atoms with Gasteiger partial charge in [-0.3, -0.25) is 48.3 Å². The monoisotopic (exact) mass is 1870 g/mol. The Hall–Kier alpha value is -13.7. The first-order valence-corrected chi connectivity index (χ1v) is 48.2.